The van der Waals surface area contributed by atoms with Crippen LogP contribution in [-0.4, -0.2) is 5.78 Å². The zero-order valence-electron chi connectivity index (χ0n) is 9.03. The Balaban J connectivity index is 2.90. The van der Waals surface area contributed by atoms with E-state index in [0.717, 1.165) is 5.56 Å². The Kier molecular flexibility index (Phi) is 2.27. The van der Waals surface area contributed by atoms with Crippen molar-refractivity contribution in [1.82, 2.24) is 0 Å². The predicted octanol–water partition coefficient (Wildman–Crippen LogP) is 1.89. The molecule has 4 heteroatoms. The van der Waals surface area contributed by atoms with Crippen LogP contribution in [0.2, 0.25) is 0 Å². The molecule has 0 radical (unpaired) electrons. The first-order valence-corrected chi connectivity index (χ1v) is 4.84. The molecule has 0 unspecified atom stereocenters. The van der Waals surface area contributed by atoms with Crippen LogP contribution < -0.4 is 11.4 Å². The lowest BCUT2D eigenvalue weighted by atomic mass is 10.1. The lowest BCUT2D eigenvalue weighted by Crippen LogP contribution is -2.11. The lowest BCUT2D eigenvalue weighted by molar-refractivity contribution is 0.101. The average Bonchev–Trinajstić information content (AvgIpc) is 2.18. The second kappa shape index (κ2) is 3.48. The molecular formula is C12H11NO3. The Morgan fingerprint density at radius 2 is 2.00 bits per heavy atom. The van der Waals surface area contributed by atoms with Crippen LogP contribution in [0.1, 0.15) is 22.8 Å². The van der Waals surface area contributed by atoms with Gasteiger partial charge in [-0.3, -0.25) is 4.79 Å². The average molecular weight is 217 g/mol. The van der Waals surface area contributed by atoms with E-state index in [9.17, 15) is 9.59 Å². The molecule has 82 valence electrons. The largest absolute Gasteiger partial charge is 0.422 e. The summed E-state index contributed by atoms with van der Waals surface area (Å²) in [5.74, 6) is -0.310. The van der Waals surface area contributed by atoms with Gasteiger partial charge in [0.1, 0.15) is 11.1 Å². The molecule has 1 aromatic heterocycles. The monoisotopic (exact) mass is 217 g/mol. The number of carbonyl (C=O) groups is 1. The fourth-order valence-electron chi connectivity index (χ4n) is 1.68. The van der Waals surface area contributed by atoms with Crippen molar-refractivity contribution in [2.24, 2.45) is 0 Å². The fourth-order valence-corrected chi connectivity index (χ4v) is 1.68. The van der Waals surface area contributed by atoms with Crippen molar-refractivity contribution >= 4 is 22.4 Å². The number of carbonyl (C=O) groups excluding carboxylic acids is 1. The fraction of sp³-hybridized carbons (Fsp3) is 0.167. The van der Waals surface area contributed by atoms with Gasteiger partial charge in [-0.1, -0.05) is 0 Å². The summed E-state index contributed by atoms with van der Waals surface area (Å²) in [4.78, 5) is 22.7. The molecule has 16 heavy (non-hydrogen) atoms. The van der Waals surface area contributed by atoms with Gasteiger partial charge in [0.05, 0.1) is 0 Å². The second-order valence-electron chi connectivity index (χ2n) is 3.76. The van der Waals surface area contributed by atoms with E-state index < -0.39 is 5.63 Å². The van der Waals surface area contributed by atoms with Gasteiger partial charge in [0.15, 0.2) is 5.78 Å². The highest BCUT2D eigenvalue weighted by molar-refractivity contribution is 5.97. The molecule has 0 atom stereocenters. The van der Waals surface area contributed by atoms with Gasteiger partial charge >= 0.3 is 5.63 Å². The van der Waals surface area contributed by atoms with Gasteiger partial charge < -0.3 is 10.2 Å². The Hall–Kier alpha value is -2.10. The molecule has 0 saturated heterocycles. The highest BCUT2D eigenvalue weighted by atomic mass is 16.4. The quantitative estimate of drug-likeness (QED) is 0.449. The molecule has 0 bridgehead atoms. The summed E-state index contributed by atoms with van der Waals surface area (Å²) in [5.41, 5.74) is 6.97. The molecule has 1 aromatic carbocycles. The summed E-state index contributed by atoms with van der Waals surface area (Å²) >= 11 is 0. The zero-order chi connectivity index (χ0) is 11.9. The topological polar surface area (TPSA) is 73.3 Å². The number of hydrogen-bond donors (Lipinski definition) is 1. The molecule has 0 spiro atoms. The SMILES string of the molecule is CC(=O)c1cc2cc(N)cc(C)c2oc1=O. The summed E-state index contributed by atoms with van der Waals surface area (Å²) < 4.78 is 5.11. The standard InChI is InChI=1S/C12H11NO3/c1-6-3-9(13)4-8-5-10(7(2)14)12(15)16-11(6)8/h3-5H,13H2,1-2H3. The van der Waals surface area contributed by atoms with Crippen LogP contribution in [0.25, 0.3) is 11.0 Å². The Labute approximate surface area is 91.7 Å². The minimum atomic E-state index is -0.604. The van der Waals surface area contributed by atoms with Crippen LogP contribution in [0.5, 0.6) is 0 Å². The second-order valence-corrected chi connectivity index (χ2v) is 3.76. The minimum Gasteiger partial charge on any atom is -0.422 e. The smallest absolute Gasteiger partial charge is 0.347 e. The zero-order valence-corrected chi connectivity index (χ0v) is 9.03. The summed E-state index contributed by atoms with van der Waals surface area (Å²) in [5, 5.41) is 0.669. The molecule has 4 nitrogen and oxygen atoms in total. The van der Waals surface area contributed by atoms with Crippen molar-refractivity contribution in [2.45, 2.75) is 13.8 Å². The van der Waals surface area contributed by atoms with Crippen molar-refractivity contribution in [3.63, 3.8) is 0 Å². The molecule has 0 aliphatic heterocycles. The molecule has 0 aliphatic rings. The molecule has 2 aromatic rings. The Morgan fingerprint density at radius 3 is 2.62 bits per heavy atom. The third-order valence-corrected chi connectivity index (χ3v) is 2.42. The van der Waals surface area contributed by atoms with Gasteiger partial charge in [-0.15, -0.1) is 0 Å². The Morgan fingerprint density at radius 1 is 1.31 bits per heavy atom. The van der Waals surface area contributed by atoms with Crippen molar-refractivity contribution < 1.29 is 9.21 Å². The molecular weight excluding hydrogens is 206 g/mol. The molecule has 0 saturated carbocycles. The molecule has 2 rings (SSSR count). The molecule has 0 aliphatic carbocycles. The van der Waals surface area contributed by atoms with Crippen LogP contribution in [0.3, 0.4) is 0 Å². The van der Waals surface area contributed by atoms with Crippen molar-refractivity contribution in [1.29, 1.82) is 0 Å². The van der Waals surface area contributed by atoms with Gasteiger partial charge in [0, 0.05) is 11.1 Å². The van der Waals surface area contributed by atoms with E-state index in [1.54, 1.807) is 19.1 Å². The number of nitrogens with two attached hydrogens (primary N) is 1. The van der Waals surface area contributed by atoms with E-state index in [4.69, 9.17) is 10.2 Å². The number of Topliss-reactive ketones (excluding diaryl/α,β-unsaturated/α-hetero) is 1. The number of nitrogen functional groups attached to an aromatic ring is 1. The first-order valence-electron chi connectivity index (χ1n) is 4.84. The maximum atomic E-state index is 11.5. The highest BCUT2D eigenvalue weighted by Gasteiger charge is 2.10. The maximum absolute atomic E-state index is 11.5. The first kappa shape index (κ1) is 10.4. The van der Waals surface area contributed by atoms with E-state index in [0.29, 0.717) is 16.7 Å². The van der Waals surface area contributed by atoms with E-state index in [2.05, 4.69) is 0 Å². The van der Waals surface area contributed by atoms with E-state index in [1.807, 2.05) is 0 Å². The normalized spacial score (nSPS) is 10.6. The third-order valence-electron chi connectivity index (χ3n) is 2.42. The number of hydrogen-bond acceptors (Lipinski definition) is 4. The number of anilines is 1. The van der Waals surface area contributed by atoms with E-state index in [1.165, 1.54) is 13.0 Å². The van der Waals surface area contributed by atoms with Crippen LogP contribution in [0, 0.1) is 6.92 Å². The summed E-state index contributed by atoms with van der Waals surface area (Å²) in [6.07, 6.45) is 0. The van der Waals surface area contributed by atoms with Gasteiger partial charge in [0.25, 0.3) is 0 Å². The summed E-state index contributed by atoms with van der Waals surface area (Å²) in [6.45, 7) is 3.13. The first-order chi connectivity index (χ1) is 7.49. The number of aryl methyl sites for hydroxylation is 1. The summed E-state index contributed by atoms with van der Waals surface area (Å²) in [6, 6.07) is 4.92. The van der Waals surface area contributed by atoms with E-state index in [-0.39, 0.29) is 11.3 Å². The maximum Gasteiger partial charge on any atom is 0.347 e. The van der Waals surface area contributed by atoms with Crippen molar-refractivity contribution in [2.75, 3.05) is 5.73 Å². The van der Waals surface area contributed by atoms with Gasteiger partial charge in [0.2, 0.25) is 0 Å². The molecule has 0 amide bonds. The number of fused-ring (bicyclic) bond motifs is 1. The van der Waals surface area contributed by atoms with Crippen LogP contribution in [0.15, 0.2) is 27.4 Å². The molecule has 1 heterocycles. The minimum absolute atomic E-state index is 0.0532. The third kappa shape index (κ3) is 1.58. The van der Waals surface area contributed by atoms with Crippen LogP contribution in [-0.2, 0) is 0 Å². The van der Waals surface area contributed by atoms with Crippen LogP contribution >= 0.6 is 0 Å². The van der Waals surface area contributed by atoms with Gasteiger partial charge in [-0.25, -0.2) is 4.79 Å². The van der Waals surface area contributed by atoms with E-state index >= 15 is 0 Å². The molecule has 0 fully saturated rings. The Bertz CT molecular complexity index is 640. The highest BCUT2D eigenvalue weighted by Crippen LogP contribution is 2.21. The van der Waals surface area contributed by atoms with Gasteiger partial charge in [-0.05, 0) is 37.6 Å². The van der Waals surface area contributed by atoms with Crippen molar-refractivity contribution in [3.05, 3.63) is 39.7 Å². The van der Waals surface area contributed by atoms with Crippen LogP contribution in [0.4, 0.5) is 5.69 Å². The number of rotatable bonds is 1. The number of benzene rings is 1. The number of ketones is 1. The lowest BCUT2D eigenvalue weighted by Gasteiger charge is -2.03. The molecule has 2 N–H and O–H groups in total. The van der Waals surface area contributed by atoms with Crippen molar-refractivity contribution in [3.8, 4) is 0 Å². The summed E-state index contributed by atoms with van der Waals surface area (Å²) in [7, 11) is 0. The predicted molar refractivity (Wildman–Crippen MR) is 61.6 cm³/mol. The van der Waals surface area contributed by atoms with Gasteiger partial charge in [-0.2, -0.15) is 0 Å².